The summed E-state index contributed by atoms with van der Waals surface area (Å²) in [6.07, 6.45) is 0. The second kappa shape index (κ2) is 5.91. The fourth-order valence-electron chi connectivity index (χ4n) is 1.71. The van der Waals surface area contributed by atoms with Crippen LogP contribution in [0.4, 0.5) is 10.1 Å². The van der Waals surface area contributed by atoms with Crippen molar-refractivity contribution in [2.24, 2.45) is 0 Å². The Hall–Kier alpha value is -1.48. The van der Waals surface area contributed by atoms with Crippen LogP contribution >= 0.6 is 11.8 Å². The van der Waals surface area contributed by atoms with Crippen LogP contribution in [0.1, 0.15) is 16.7 Å². The minimum atomic E-state index is -0.330. The molecule has 0 unspecified atom stereocenters. The first-order valence-corrected chi connectivity index (χ1v) is 6.98. The third-order valence-corrected chi connectivity index (χ3v) is 3.90. The maximum atomic E-state index is 13.3. The highest BCUT2D eigenvalue weighted by atomic mass is 32.2. The second-order valence-electron chi connectivity index (χ2n) is 4.28. The predicted octanol–water partition coefficient (Wildman–Crippen LogP) is 4.15. The van der Waals surface area contributed by atoms with Gasteiger partial charge in [-0.2, -0.15) is 11.8 Å². The largest absolute Gasteiger partial charge is 0.396 e. The van der Waals surface area contributed by atoms with Crippen LogP contribution < -0.4 is 5.73 Å². The lowest BCUT2D eigenvalue weighted by Crippen LogP contribution is -1.92. The minimum absolute atomic E-state index is 0.211. The van der Waals surface area contributed by atoms with Gasteiger partial charge in [0.15, 0.2) is 0 Å². The van der Waals surface area contributed by atoms with Crippen molar-refractivity contribution < 1.29 is 4.39 Å². The van der Waals surface area contributed by atoms with Crippen molar-refractivity contribution in [1.82, 2.24) is 0 Å². The predicted molar refractivity (Wildman–Crippen MR) is 77.0 cm³/mol. The standard InChI is InChI=1S/C15H16FNS/c1-11-4-2-3-5-13(11)10-18-9-12-6-7-15(17)14(16)8-12/h2-8H,9-10,17H2,1H3. The molecule has 2 rings (SSSR count). The number of rotatable bonds is 4. The first kappa shape index (κ1) is 13.0. The molecule has 18 heavy (non-hydrogen) atoms. The van der Waals surface area contributed by atoms with E-state index >= 15 is 0 Å². The fourth-order valence-corrected chi connectivity index (χ4v) is 2.77. The Morgan fingerprint density at radius 2 is 1.89 bits per heavy atom. The molecule has 2 aromatic carbocycles. The van der Waals surface area contributed by atoms with Gasteiger partial charge in [0.1, 0.15) is 5.82 Å². The third kappa shape index (κ3) is 3.26. The van der Waals surface area contributed by atoms with Gasteiger partial charge < -0.3 is 5.73 Å². The van der Waals surface area contributed by atoms with Crippen molar-refractivity contribution in [2.75, 3.05) is 5.73 Å². The quantitative estimate of drug-likeness (QED) is 0.837. The van der Waals surface area contributed by atoms with Crippen molar-refractivity contribution in [3.63, 3.8) is 0 Å². The third-order valence-electron chi connectivity index (χ3n) is 2.85. The van der Waals surface area contributed by atoms with E-state index in [1.165, 1.54) is 17.2 Å². The smallest absolute Gasteiger partial charge is 0.146 e. The zero-order chi connectivity index (χ0) is 13.0. The Kier molecular flexibility index (Phi) is 4.26. The molecule has 2 aromatic rings. The van der Waals surface area contributed by atoms with Gasteiger partial charge in [-0.25, -0.2) is 4.39 Å². The summed E-state index contributed by atoms with van der Waals surface area (Å²) in [5, 5.41) is 0. The Balaban J connectivity index is 1.92. The molecule has 2 N–H and O–H groups in total. The summed E-state index contributed by atoms with van der Waals surface area (Å²) >= 11 is 1.78. The lowest BCUT2D eigenvalue weighted by molar-refractivity contribution is 0.631. The van der Waals surface area contributed by atoms with E-state index in [2.05, 4.69) is 19.1 Å². The van der Waals surface area contributed by atoms with E-state index in [0.29, 0.717) is 0 Å². The van der Waals surface area contributed by atoms with Crippen LogP contribution in [0.15, 0.2) is 42.5 Å². The molecule has 0 heterocycles. The topological polar surface area (TPSA) is 26.0 Å². The van der Waals surface area contributed by atoms with Crippen LogP contribution in [0.2, 0.25) is 0 Å². The van der Waals surface area contributed by atoms with Gasteiger partial charge in [-0.3, -0.25) is 0 Å². The van der Waals surface area contributed by atoms with Gasteiger partial charge in [-0.15, -0.1) is 0 Å². The van der Waals surface area contributed by atoms with Crippen molar-refractivity contribution in [1.29, 1.82) is 0 Å². The Morgan fingerprint density at radius 1 is 1.11 bits per heavy atom. The Bertz CT molecular complexity index is 540. The molecule has 3 heteroatoms. The molecule has 0 amide bonds. The highest BCUT2D eigenvalue weighted by Crippen LogP contribution is 2.21. The number of hydrogen-bond donors (Lipinski definition) is 1. The monoisotopic (exact) mass is 261 g/mol. The normalized spacial score (nSPS) is 10.6. The molecule has 0 spiro atoms. The molecule has 0 aromatic heterocycles. The van der Waals surface area contributed by atoms with E-state index in [1.54, 1.807) is 17.8 Å². The summed E-state index contributed by atoms with van der Waals surface area (Å²) in [7, 11) is 0. The van der Waals surface area contributed by atoms with Crippen LogP contribution in [-0.4, -0.2) is 0 Å². The minimum Gasteiger partial charge on any atom is -0.396 e. The summed E-state index contributed by atoms with van der Waals surface area (Å²) in [5.41, 5.74) is 9.26. The molecule has 0 saturated carbocycles. The molecule has 0 radical (unpaired) electrons. The summed E-state index contributed by atoms with van der Waals surface area (Å²) in [6, 6.07) is 13.3. The van der Waals surface area contributed by atoms with Crippen molar-refractivity contribution in [2.45, 2.75) is 18.4 Å². The average molecular weight is 261 g/mol. The molecule has 0 atom stereocenters. The molecule has 0 aliphatic carbocycles. The van der Waals surface area contributed by atoms with E-state index in [4.69, 9.17) is 5.73 Å². The van der Waals surface area contributed by atoms with E-state index in [-0.39, 0.29) is 11.5 Å². The van der Waals surface area contributed by atoms with Crippen LogP contribution in [0, 0.1) is 12.7 Å². The van der Waals surface area contributed by atoms with Gasteiger partial charge >= 0.3 is 0 Å². The van der Waals surface area contributed by atoms with E-state index < -0.39 is 0 Å². The highest BCUT2D eigenvalue weighted by molar-refractivity contribution is 7.97. The SMILES string of the molecule is Cc1ccccc1CSCc1ccc(N)c(F)c1. The van der Waals surface area contributed by atoms with E-state index in [1.807, 2.05) is 18.2 Å². The molecule has 1 nitrogen and oxygen atoms in total. The van der Waals surface area contributed by atoms with Crippen molar-refractivity contribution in [3.8, 4) is 0 Å². The number of hydrogen-bond acceptors (Lipinski definition) is 2. The van der Waals surface area contributed by atoms with Crippen LogP contribution in [-0.2, 0) is 11.5 Å². The summed E-state index contributed by atoms with van der Waals surface area (Å²) in [4.78, 5) is 0. The molecule has 0 aliphatic rings. The summed E-state index contributed by atoms with van der Waals surface area (Å²) in [6.45, 7) is 2.11. The highest BCUT2D eigenvalue weighted by Gasteiger charge is 2.01. The van der Waals surface area contributed by atoms with E-state index in [9.17, 15) is 4.39 Å². The van der Waals surface area contributed by atoms with Gasteiger partial charge in [-0.05, 0) is 35.7 Å². The Labute approximate surface area is 111 Å². The second-order valence-corrected chi connectivity index (χ2v) is 5.26. The number of nitrogens with two attached hydrogens (primary N) is 1. The molecule has 0 bridgehead atoms. The van der Waals surface area contributed by atoms with Crippen LogP contribution in [0.5, 0.6) is 0 Å². The zero-order valence-corrected chi connectivity index (χ0v) is 11.1. The Morgan fingerprint density at radius 3 is 2.61 bits per heavy atom. The molecule has 0 saturated heterocycles. The van der Waals surface area contributed by atoms with Gasteiger partial charge in [0.25, 0.3) is 0 Å². The molecular formula is C15H16FNS. The summed E-state index contributed by atoms with van der Waals surface area (Å²) < 4.78 is 13.3. The lowest BCUT2D eigenvalue weighted by atomic mass is 10.1. The number of benzene rings is 2. The first-order chi connectivity index (χ1) is 8.66. The van der Waals surface area contributed by atoms with Crippen LogP contribution in [0.25, 0.3) is 0 Å². The van der Waals surface area contributed by atoms with Gasteiger partial charge in [0, 0.05) is 11.5 Å². The lowest BCUT2D eigenvalue weighted by Gasteiger charge is -2.06. The van der Waals surface area contributed by atoms with Crippen molar-refractivity contribution >= 4 is 17.4 Å². The number of aryl methyl sites for hydroxylation is 1. The maximum Gasteiger partial charge on any atom is 0.146 e. The fraction of sp³-hybridized carbons (Fsp3) is 0.200. The number of nitrogen functional groups attached to an aromatic ring is 1. The number of thioether (sulfide) groups is 1. The number of halogens is 1. The van der Waals surface area contributed by atoms with Crippen molar-refractivity contribution in [3.05, 3.63) is 65.0 Å². The van der Waals surface area contributed by atoms with Gasteiger partial charge in [-0.1, -0.05) is 30.3 Å². The van der Waals surface area contributed by atoms with Crippen LogP contribution in [0.3, 0.4) is 0 Å². The maximum absolute atomic E-state index is 13.3. The molecule has 0 fully saturated rings. The number of anilines is 1. The first-order valence-electron chi connectivity index (χ1n) is 5.83. The molecular weight excluding hydrogens is 245 g/mol. The van der Waals surface area contributed by atoms with Gasteiger partial charge in [0.05, 0.1) is 5.69 Å². The van der Waals surface area contributed by atoms with E-state index in [0.717, 1.165) is 17.1 Å². The zero-order valence-electron chi connectivity index (χ0n) is 10.3. The van der Waals surface area contributed by atoms with Gasteiger partial charge in [0.2, 0.25) is 0 Å². The molecule has 0 aliphatic heterocycles. The average Bonchev–Trinajstić information content (AvgIpc) is 2.36. The molecule has 94 valence electrons. The summed E-state index contributed by atoms with van der Waals surface area (Å²) in [5.74, 6) is 1.41.